The van der Waals surface area contributed by atoms with Gasteiger partial charge in [0.05, 0.1) is 4.99 Å². The van der Waals surface area contributed by atoms with Crippen LogP contribution in [-0.4, -0.2) is 11.5 Å². The molecule has 0 aromatic heterocycles. The molecular formula is C16H16ClFN2S. The van der Waals surface area contributed by atoms with Crippen molar-refractivity contribution < 1.29 is 4.39 Å². The van der Waals surface area contributed by atoms with E-state index >= 15 is 0 Å². The van der Waals surface area contributed by atoms with E-state index in [1.54, 1.807) is 6.07 Å². The second-order valence-electron chi connectivity index (χ2n) is 4.71. The van der Waals surface area contributed by atoms with Gasteiger partial charge in [0.15, 0.2) is 0 Å². The molecule has 2 aromatic carbocycles. The number of anilines is 1. The van der Waals surface area contributed by atoms with E-state index in [4.69, 9.17) is 29.6 Å². The maximum atomic E-state index is 13.4. The Kier molecular flexibility index (Phi) is 5.53. The maximum absolute atomic E-state index is 13.4. The lowest BCUT2D eigenvalue weighted by atomic mass is 10.1. The molecule has 2 N–H and O–H groups in total. The molecule has 0 amide bonds. The van der Waals surface area contributed by atoms with E-state index < -0.39 is 0 Å². The summed E-state index contributed by atoms with van der Waals surface area (Å²) < 4.78 is 13.4. The number of nitrogens with two attached hydrogens (primary N) is 1. The van der Waals surface area contributed by atoms with Gasteiger partial charge in [-0.25, -0.2) is 4.39 Å². The van der Waals surface area contributed by atoms with Crippen molar-refractivity contribution in [1.29, 1.82) is 0 Å². The van der Waals surface area contributed by atoms with Crippen molar-refractivity contribution in [1.82, 2.24) is 0 Å². The molecule has 0 saturated heterocycles. The summed E-state index contributed by atoms with van der Waals surface area (Å²) in [6.07, 6.45) is 0.594. The summed E-state index contributed by atoms with van der Waals surface area (Å²) in [4.78, 5) is 2.54. The third-order valence-electron chi connectivity index (χ3n) is 3.12. The standard InChI is InChI=1S/C16H16ClFN2S/c17-15-7-6-13(18)10-12(15)11-20(9-8-16(19)21)14-4-2-1-3-5-14/h1-7,10H,8-9,11H2,(H2,19,21). The zero-order chi connectivity index (χ0) is 15.2. The molecular weight excluding hydrogens is 307 g/mol. The molecule has 2 nitrogen and oxygen atoms in total. The van der Waals surface area contributed by atoms with Gasteiger partial charge in [0.1, 0.15) is 5.82 Å². The van der Waals surface area contributed by atoms with Crippen molar-refractivity contribution in [3.8, 4) is 0 Å². The third kappa shape index (κ3) is 4.69. The van der Waals surface area contributed by atoms with E-state index in [-0.39, 0.29) is 5.82 Å². The maximum Gasteiger partial charge on any atom is 0.123 e. The average Bonchev–Trinajstić information content (AvgIpc) is 2.47. The van der Waals surface area contributed by atoms with Crippen LogP contribution in [0.3, 0.4) is 0 Å². The van der Waals surface area contributed by atoms with Gasteiger partial charge in [-0.2, -0.15) is 0 Å². The SMILES string of the molecule is NC(=S)CCN(Cc1cc(F)ccc1Cl)c1ccccc1. The molecule has 0 bridgehead atoms. The summed E-state index contributed by atoms with van der Waals surface area (Å²) in [5, 5.41) is 0.549. The van der Waals surface area contributed by atoms with Crippen LogP contribution in [0.5, 0.6) is 0 Å². The Morgan fingerprint density at radius 2 is 1.90 bits per heavy atom. The molecule has 0 atom stereocenters. The Morgan fingerprint density at radius 1 is 1.19 bits per heavy atom. The number of hydrogen-bond donors (Lipinski definition) is 1. The fraction of sp³-hybridized carbons (Fsp3) is 0.188. The number of nitrogens with zero attached hydrogens (tertiary/aromatic N) is 1. The van der Waals surface area contributed by atoms with Crippen molar-refractivity contribution in [2.45, 2.75) is 13.0 Å². The van der Waals surface area contributed by atoms with Crippen molar-refractivity contribution in [2.75, 3.05) is 11.4 Å². The average molecular weight is 323 g/mol. The normalized spacial score (nSPS) is 10.4. The van der Waals surface area contributed by atoms with Gasteiger partial charge in [0, 0.05) is 30.2 Å². The molecule has 0 fully saturated rings. The summed E-state index contributed by atoms with van der Waals surface area (Å²) >= 11 is 11.1. The molecule has 110 valence electrons. The monoisotopic (exact) mass is 322 g/mol. The molecule has 0 spiro atoms. The van der Waals surface area contributed by atoms with E-state index in [0.717, 1.165) is 11.3 Å². The highest BCUT2D eigenvalue weighted by atomic mass is 35.5. The van der Waals surface area contributed by atoms with E-state index in [0.29, 0.717) is 29.5 Å². The first-order valence-corrected chi connectivity index (χ1v) is 7.37. The molecule has 5 heteroatoms. The topological polar surface area (TPSA) is 29.3 Å². The molecule has 0 aliphatic heterocycles. The highest BCUT2D eigenvalue weighted by Crippen LogP contribution is 2.22. The lowest BCUT2D eigenvalue weighted by Crippen LogP contribution is -2.27. The predicted molar refractivity (Wildman–Crippen MR) is 90.3 cm³/mol. The Labute approximate surface area is 134 Å². The van der Waals surface area contributed by atoms with Crippen LogP contribution >= 0.6 is 23.8 Å². The first-order chi connectivity index (χ1) is 10.1. The van der Waals surface area contributed by atoms with Crippen molar-refractivity contribution >= 4 is 34.5 Å². The van der Waals surface area contributed by atoms with Gasteiger partial charge >= 0.3 is 0 Å². The van der Waals surface area contributed by atoms with Gasteiger partial charge in [-0.05, 0) is 35.9 Å². The Morgan fingerprint density at radius 3 is 2.57 bits per heavy atom. The van der Waals surface area contributed by atoms with E-state index in [2.05, 4.69) is 4.90 Å². The van der Waals surface area contributed by atoms with Crippen LogP contribution in [0.1, 0.15) is 12.0 Å². The van der Waals surface area contributed by atoms with Gasteiger partial charge < -0.3 is 10.6 Å². The smallest absolute Gasteiger partial charge is 0.123 e. The minimum atomic E-state index is -0.295. The summed E-state index contributed by atoms with van der Waals surface area (Å²) in [6.45, 7) is 1.16. The van der Waals surface area contributed by atoms with Crippen LogP contribution in [0, 0.1) is 5.82 Å². The Balaban J connectivity index is 2.23. The van der Waals surface area contributed by atoms with Crippen LogP contribution in [0.4, 0.5) is 10.1 Å². The van der Waals surface area contributed by atoms with Crippen LogP contribution in [0.15, 0.2) is 48.5 Å². The molecule has 2 rings (SSSR count). The van der Waals surface area contributed by atoms with Crippen LogP contribution < -0.4 is 10.6 Å². The number of hydrogen-bond acceptors (Lipinski definition) is 2. The van der Waals surface area contributed by atoms with Crippen molar-refractivity contribution in [3.63, 3.8) is 0 Å². The minimum Gasteiger partial charge on any atom is -0.393 e. The molecule has 0 unspecified atom stereocenters. The number of rotatable bonds is 6. The Hall–Kier alpha value is -1.65. The molecule has 0 radical (unpaired) electrons. The van der Waals surface area contributed by atoms with Crippen molar-refractivity contribution in [3.05, 3.63) is 64.9 Å². The first kappa shape index (κ1) is 15.7. The molecule has 0 aliphatic carbocycles. The van der Waals surface area contributed by atoms with Gasteiger partial charge in [-0.15, -0.1) is 0 Å². The Bertz CT molecular complexity index is 619. The van der Waals surface area contributed by atoms with E-state index in [9.17, 15) is 4.39 Å². The lowest BCUT2D eigenvalue weighted by Gasteiger charge is -2.25. The van der Waals surface area contributed by atoms with Crippen LogP contribution in [0.2, 0.25) is 5.02 Å². The van der Waals surface area contributed by atoms with Gasteiger partial charge in [-0.3, -0.25) is 0 Å². The van der Waals surface area contributed by atoms with Crippen molar-refractivity contribution in [2.24, 2.45) is 5.73 Å². The lowest BCUT2D eigenvalue weighted by molar-refractivity contribution is 0.624. The van der Waals surface area contributed by atoms with Crippen LogP contribution in [-0.2, 0) is 6.54 Å². The van der Waals surface area contributed by atoms with E-state index in [1.165, 1.54) is 12.1 Å². The second-order valence-corrected chi connectivity index (χ2v) is 5.64. The fourth-order valence-electron chi connectivity index (χ4n) is 2.05. The summed E-state index contributed by atoms with van der Waals surface area (Å²) in [7, 11) is 0. The first-order valence-electron chi connectivity index (χ1n) is 6.58. The zero-order valence-electron chi connectivity index (χ0n) is 11.4. The summed E-state index contributed by atoms with van der Waals surface area (Å²) in [5.41, 5.74) is 7.35. The van der Waals surface area contributed by atoms with Gasteiger partial charge in [0.2, 0.25) is 0 Å². The highest BCUT2D eigenvalue weighted by Gasteiger charge is 2.11. The molecule has 0 heterocycles. The van der Waals surface area contributed by atoms with Crippen LogP contribution in [0.25, 0.3) is 0 Å². The molecule has 0 saturated carbocycles. The predicted octanol–water partition coefficient (Wildman–Crippen LogP) is 4.16. The number of para-hydroxylation sites is 1. The fourth-order valence-corrected chi connectivity index (χ4v) is 2.32. The molecule has 21 heavy (non-hydrogen) atoms. The largest absolute Gasteiger partial charge is 0.393 e. The third-order valence-corrected chi connectivity index (χ3v) is 3.69. The number of halogens is 2. The number of benzene rings is 2. The van der Waals surface area contributed by atoms with E-state index in [1.807, 2.05) is 30.3 Å². The second kappa shape index (κ2) is 7.38. The quantitative estimate of drug-likeness (QED) is 0.810. The molecule has 2 aromatic rings. The summed E-state index contributed by atoms with van der Waals surface area (Å²) in [6, 6.07) is 14.2. The number of thiocarbonyl (C=S) groups is 1. The summed E-state index contributed by atoms with van der Waals surface area (Å²) in [5.74, 6) is -0.295. The highest BCUT2D eigenvalue weighted by molar-refractivity contribution is 7.80. The minimum absolute atomic E-state index is 0.295. The van der Waals surface area contributed by atoms with Gasteiger partial charge in [0.25, 0.3) is 0 Å². The molecule has 0 aliphatic rings. The zero-order valence-corrected chi connectivity index (χ0v) is 13.0. The van der Waals surface area contributed by atoms with Gasteiger partial charge in [-0.1, -0.05) is 42.0 Å².